The fourth-order valence-corrected chi connectivity index (χ4v) is 2.91. The van der Waals surface area contributed by atoms with Gasteiger partial charge in [-0.05, 0) is 29.7 Å². The standard InChI is InChI=1S/C17H19ClN4O2/c18-15-3-1-13(2-4-15)14-5-8-21(9-6-14)10-7-16-11-22(20-19-16)12-17(23)24/h1-5,11H,6-10,12H2,(H,23,24). The predicted octanol–water partition coefficient (Wildman–Crippen LogP) is 2.35. The molecule has 0 spiro atoms. The van der Waals surface area contributed by atoms with E-state index in [2.05, 4.69) is 33.4 Å². The second-order valence-corrected chi connectivity index (χ2v) is 6.27. The van der Waals surface area contributed by atoms with Gasteiger partial charge in [-0.15, -0.1) is 5.10 Å². The highest BCUT2D eigenvalue weighted by atomic mass is 35.5. The van der Waals surface area contributed by atoms with Gasteiger partial charge in [0.15, 0.2) is 0 Å². The summed E-state index contributed by atoms with van der Waals surface area (Å²) in [6.45, 7) is 2.64. The van der Waals surface area contributed by atoms with Gasteiger partial charge in [0.1, 0.15) is 6.54 Å². The van der Waals surface area contributed by atoms with Gasteiger partial charge in [0.05, 0.1) is 5.69 Å². The number of halogens is 1. The van der Waals surface area contributed by atoms with Crippen molar-refractivity contribution in [2.45, 2.75) is 19.4 Å². The molecule has 0 atom stereocenters. The molecule has 2 aromatic rings. The molecule has 0 unspecified atom stereocenters. The summed E-state index contributed by atoms with van der Waals surface area (Å²) in [6.07, 6.45) is 5.73. The van der Waals surface area contributed by atoms with Gasteiger partial charge in [0, 0.05) is 37.3 Å². The van der Waals surface area contributed by atoms with E-state index in [0.717, 1.165) is 43.2 Å². The molecule has 0 aliphatic carbocycles. The largest absolute Gasteiger partial charge is 0.480 e. The Balaban J connectivity index is 1.50. The number of benzene rings is 1. The molecule has 0 fully saturated rings. The molecular weight excluding hydrogens is 328 g/mol. The summed E-state index contributed by atoms with van der Waals surface area (Å²) in [6, 6.07) is 7.96. The van der Waals surface area contributed by atoms with Crippen molar-refractivity contribution in [2.24, 2.45) is 0 Å². The smallest absolute Gasteiger partial charge is 0.325 e. The SMILES string of the molecule is O=C(O)Cn1cc(CCN2CC=C(c3ccc(Cl)cc3)CC2)nn1. The van der Waals surface area contributed by atoms with Gasteiger partial charge in [0.25, 0.3) is 0 Å². The van der Waals surface area contributed by atoms with Crippen LogP contribution in [0.1, 0.15) is 17.7 Å². The lowest BCUT2D eigenvalue weighted by Gasteiger charge is -2.26. The molecule has 0 saturated heterocycles. The van der Waals surface area contributed by atoms with Crippen molar-refractivity contribution in [1.29, 1.82) is 0 Å². The minimum atomic E-state index is -0.914. The molecule has 0 saturated carbocycles. The van der Waals surface area contributed by atoms with Gasteiger partial charge in [-0.2, -0.15) is 0 Å². The lowest BCUT2D eigenvalue weighted by Crippen LogP contribution is -2.30. The van der Waals surface area contributed by atoms with E-state index in [0.29, 0.717) is 0 Å². The minimum Gasteiger partial charge on any atom is -0.480 e. The van der Waals surface area contributed by atoms with E-state index in [4.69, 9.17) is 16.7 Å². The fraction of sp³-hybridized carbons (Fsp3) is 0.353. The van der Waals surface area contributed by atoms with Crippen molar-refractivity contribution < 1.29 is 9.90 Å². The molecule has 1 aromatic carbocycles. The first-order valence-electron chi connectivity index (χ1n) is 7.88. The van der Waals surface area contributed by atoms with Crippen LogP contribution < -0.4 is 0 Å². The van der Waals surface area contributed by atoms with Crippen molar-refractivity contribution in [2.75, 3.05) is 19.6 Å². The maximum atomic E-state index is 10.6. The summed E-state index contributed by atoms with van der Waals surface area (Å²) in [5.41, 5.74) is 3.41. The Morgan fingerprint density at radius 3 is 2.75 bits per heavy atom. The zero-order chi connectivity index (χ0) is 16.9. The number of carboxylic acid groups (broad SMARTS) is 1. The molecule has 1 N–H and O–H groups in total. The molecular formula is C17H19ClN4O2. The van der Waals surface area contributed by atoms with Crippen LogP contribution in [0.25, 0.3) is 5.57 Å². The van der Waals surface area contributed by atoms with Crippen LogP contribution in [0.3, 0.4) is 0 Å². The molecule has 1 aliphatic heterocycles. The minimum absolute atomic E-state index is 0.149. The highest BCUT2D eigenvalue weighted by Crippen LogP contribution is 2.23. The monoisotopic (exact) mass is 346 g/mol. The van der Waals surface area contributed by atoms with Crippen molar-refractivity contribution in [3.63, 3.8) is 0 Å². The number of carbonyl (C=O) groups is 1. The Labute approximate surface area is 145 Å². The molecule has 2 heterocycles. The summed E-state index contributed by atoms with van der Waals surface area (Å²) in [7, 11) is 0. The first-order valence-corrected chi connectivity index (χ1v) is 8.26. The number of aromatic nitrogens is 3. The Hall–Kier alpha value is -2.18. The lowest BCUT2D eigenvalue weighted by atomic mass is 9.99. The molecule has 126 valence electrons. The zero-order valence-corrected chi connectivity index (χ0v) is 14.0. The third-order valence-corrected chi connectivity index (χ3v) is 4.33. The Kier molecular flexibility index (Phi) is 5.27. The third kappa shape index (κ3) is 4.43. The van der Waals surface area contributed by atoms with E-state index in [1.54, 1.807) is 6.20 Å². The number of hydrogen-bond donors (Lipinski definition) is 1. The van der Waals surface area contributed by atoms with Gasteiger partial charge in [-0.1, -0.05) is 35.0 Å². The number of nitrogens with zero attached hydrogens (tertiary/aromatic N) is 4. The Morgan fingerprint density at radius 2 is 2.08 bits per heavy atom. The van der Waals surface area contributed by atoms with Gasteiger partial charge in [-0.25, -0.2) is 4.68 Å². The lowest BCUT2D eigenvalue weighted by molar-refractivity contribution is -0.137. The average Bonchev–Trinajstić information content (AvgIpc) is 3.01. The van der Waals surface area contributed by atoms with Crippen LogP contribution in [0.15, 0.2) is 36.5 Å². The number of hydrogen-bond acceptors (Lipinski definition) is 4. The topological polar surface area (TPSA) is 71.2 Å². The second-order valence-electron chi connectivity index (χ2n) is 5.84. The molecule has 24 heavy (non-hydrogen) atoms. The van der Waals surface area contributed by atoms with E-state index in [1.807, 2.05) is 12.1 Å². The molecule has 0 bridgehead atoms. The second kappa shape index (κ2) is 7.59. The van der Waals surface area contributed by atoms with E-state index < -0.39 is 5.97 Å². The highest BCUT2D eigenvalue weighted by Gasteiger charge is 2.13. The highest BCUT2D eigenvalue weighted by molar-refractivity contribution is 6.30. The summed E-state index contributed by atoms with van der Waals surface area (Å²) >= 11 is 5.93. The van der Waals surface area contributed by atoms with Crippen LogP contribution in [0, 0.1) is 0 Å². The quantitative estimate of drug-likeness (QED) is 0.869. The number of carboxylic acids is 1. The number of aliphatic carboxylic acids is 1. The van der Waals surface area contributed by atoms with Crippen molar-refractivity contribution in [3.8, 4) is 0 Å². The number of rotatable bonds is 6. The Bertz CT molecular complexity index is 739. The predicted molar refractivity (Wildman–Crippen MR) is 91.8 cm³/mol. The maximum Gasteiger partial charge on any atom is 0.325 e. The summed E-state index contributed by atoms with van der Waals surface area (Å²) in [5.74, 6) is -0.914. The average molecular weight is 347 g/mol. The first-order chi connectivity index (χ1) is 11.6. The van der Waals surface area contributed by atoms with E-state index in [-0.39, 0.29) is 6.54 Å². The fourth-order valence-electron chi connectivity index (χ4n) is 2.78. The van der Waals surface area contributed by atoms with Crippen LogP contribution in [-0.4, -0.2) is 50.6 Å². The van der Waals surface area contributed by atoms with E-state index >= 15 is 0 Å². The molecule has 6 nitrogen and oxygen atoms in total. The third-order valence-electron chi connectivity index (χ3n) is 4.08. The van der Waals surface area contributed by atoms with E-state index in [1.165, 1.54) is 15.8 Å². The molecule has 3 rings (SSSR count). The van der Waals surface area contributed by atoms with Crippen molar-refractivity contribution >= 4 is 23.1 Å². The van der Waals surface area contributed by atoms with Crippen LogP contribution in [-0.2, 0) is 17.8 Å². The summed E-state index contributed by atoms with van der Waals surface area (Å²) in [5, 5.41) is 17.3. The molecule has 0 amide bonds. The molecule has 7 heteroatoms. The normalized spacial score (nSPS) is 15.3. The zero-order valence-electron chi connectivity index (χ0n) is 13.2. The van der Waals surface area contributed by atoms with Crippen LogP contribution in [0.5, 0.6) is 0 Å². The molecule has 1 aromatic heterocycles. The summed E-state index contributed by atoms with van der Waals surface area (Å²) < 4.78 is 1.35. The van der Waals surface area contributed by atoms with Crippen molar-refractivity contribution in [1.82, 2.24) is 19.9 Å². The summed E-state index contributed by atoms with van der Waals surface area (Å²) in [4.78, 5) is 13.0. The molecule has 0 radical (unpaired) electrons. The van der Waals surface area contributed by atoms with Crippen LogP contribution >= 0.6 is 11.6 Å². The van der Waals surface area contributed by atoms with Gasteiger partial charge in [0.2, 0.25) is 0 Å². The molecule has 1 aliphatic rings. The van der Waals surface area contributed by atoms with E-state index in [9.17, 15) is 4.79 Å². The maximum absolute atomic E-state index is 10.6. The Morgan fingerprint density at radius 1 is 1.29 bits per heavy atom. The van der Waals surface area contributed by atoms with Gasteiger partial charge in [-0.3, -0.25) is 9.69 Å². The first kappa shape index (κ1) is 16.7. The van der Waals surface area contributed by atoms with Crippen LogP contribution in [0.2, 0.25) is 5.02 Å². The van der Waals surface area contributed by atoms with Gasteiger partial charge < -0.3 is 5.11 Å². The van der Waals surface area contributed by atoms with Gasteiger partial charge >= 0.3 is 5.97 Å². The van der Waals surface area contributed by atoms with Crippen molar-refractivity contribution in [3.05, 3.63) is 52.8 Å². The van der Waals surface area contributed by atoms with Crippen LogP contribution in [0.4, 0.5) is 0 Å².